The molecule has 0 spiro atoms. The fourth-order valence-corrected chi connectivity index (χ4v) is 2.28. The molecule has 20 heavy (non-hydrogen) atoms. The maximum atomic E-state index is 13.1. The molecule has 0 aromatic heterocycles. The number of ether oxygens (including phenoxy) is 1. The van der Waals surface area contributed by atoms with Crippen molar-refractivity contribution in [2.75, 3.05) is 0 Å². The number of alkyl halides is 1. The maximum Gasteiger partial charge on any atom is 0.314 e. The zero-order chi connectivity index (χ0) is 14.7. The number of halogens is 3. The van der Waals surface area contributed by atoms with Crippen molar-refractivity contribution in [3.63, 3.8) is 0 Å². The van der Waals surface area contributed by atoms with Crippen LogP contribution in [0.25, 0.3) is 0 Å². The number of nitro groups is 1. The van der Waals surface area contributed by atoms with Crippen molar-refractivity contribution in [1.29, 1.82) is 0 Å². The normalized spacial score (nSPS) is 10.3. The largest absolute Gasteiger partial charge is 0.448 e. The maximum absolute atomic E-state index is 13.1. The molecule has 0 unspecified atom stereocenters. The van der Waals surface area contributed by atoms with E-state index in [1.165, 1.54) is 6.07 Å². The van der Waals surface area contributed by atoms with E-state index in [-0.39, 0.29) is 5.75 Å². The summed E-state index contributed by atoms with van der Waals surface area (Å²) in [6.45, 7) is 0. The average molecular weight is 361 g/mol. The van der Waals surface area contributed by atoms with Gasteiger partial charge in [0.1, 0.15) is 11.6 Å². The van der Waals surface area contributed by atoms with E-state index in [1.807, 2.05) is 0 Å². The van der Waals surface area contributed by atoms with Gasteiger partial charge in [-0.25, -0.2) is 4.39 Å². The molecule has 104 valence electrons. The highest BCUT2D eigenvalue weighted by atomic mass is 79.9. The lowest BCUT2D eigenvalue weighted by Gasteiger charge is -2.11. The zero-order valence-electron chi connectivity index (χ0n) is 9.98. The molecule has 0 aliphatic rings. The highest BCUT2D eigenvalue weighted by Gasteiger charge is 2.19. The van der Waals surface area contributed by atoms with Gasteiger partial charge in [-0.15, -0.1) is 0 Å². The van der Waals surface area contributed by atoms with E-state index in [9.17, 15) is 14.5 Å². The van der Waals surface area contributed by atoms with Gasteiger partial charge in [-0.05, 0) is 18.2 Å². The van der Waals surface area contributed by atoms with Gasteiger partial charge >= 0.3 is 5.69 Å². The van der Waals surface area contributed by atoms with Crippen LogP contribution in [0.2, 0.25) is 5.02 Å². The number of nitro benzene ring substituents is 1. The van der Waals surface area contributed by atoms with Gasteiger partial charge in [-0.3, -0.25) is 10.1 Å². The SMILES string of the molecule is O=[N+]([O-])c1cc(F)ccc1Oc1c(Cl)cccc1CBr. The molecule has 0 aliphatic carbocycles. The third-order valence-corrected chi connectivity index (χ3v) is 3.42. The molecule has 2 aromatic rings. The van der Waals surface area contributed by atoms with Crippen LogP contribution in [0, 0.1) is 15.9 Å². The standard InChI is InChI=1S/C13H8BrClFNO3/c14-7-8-2-1-3-10(15)13(8)20-12-5-4-9(16)6-11(12)17(18)19/h1-6H,7H2. The number of nitrogens with zero attached hydrogens (tertiary/aromatic N) is 1. The van der Waals surface area contributed by atoms with Crippen molar-refractivity contribution < 1.29 is 14.1 Å². The van der Waals surface area contributed by atoms with Crippen LogP contribution in [-0.4, -0.2) is 4.92 Å². The second-order valence-electron chi connectivity index (χ2n) is 3.83. The van der Waals surface area contributed by atoms with E-state index < -0.39 is 16.4 Å². The molecule has 0 saturated carbocycles. The van der Waals surface area contributed by atoms with Crippen LogP contribution in [0.5, 0.6) is 11.5 Å². The zero-order valence-corrected chi connectivity index (χ0v) is 12.3. The summed E-state index contributed by atoms with van der Waals surface area (Å²) in [5.74, 6) is -0.462. The Morgan fingerprint density at radius 1 is 1.35 bits per heavy atom. The second-order valence-corrected chi connectivity index (χ2v) is 4.80. The molecule has 0 radical (unpaired) electrons. The van der Waals surface area contributed by atoms with Crippen LogP contribution in [-0.2, 0) is 5.33 Å². The fourth-order valence-electron chi connectivity index (χ4n) is 1.60. The van der Waals surface area contributed by atoms with Crippen LogP contribution in [0.15, 0.2) is 36.4 Å². The van der Waals surface area contributed by atoms with Crippen molar-refractivity contribution >= 4 is 33.2 Å². The lowest BCUT2D eigenvalue weighted by Crippen LogP contribution is -1.96. The van der Waals surface area contributed by atoms with Gasteiger partial charge in [0.2, 0.25) is 5.75 Å². The molecule has 0 bridgehead atoms. The van der Waals surface area contributed by atoms with Crippen molar-refractivity contribution in [3.05, 3.63) is 62.9 Å². The molecule has 0 N–H and O–H groups in total. The van der Waals surface area contributed by atoms with Gasteiger partial charge in [0.25, 0.3) is 0 Å². The minimum Gasteiger partial charge on any atom is -0.448 e. The van der Waals surface area contributed by atoms with E-state index in [2.05, 4.69) is 15.9 Å². The van der Waals surface area contributed by atoms with Gasteiger partial charge in [0, 0.05) is 10.9 Å². The summed E-state index contributed by atoms with van der Waals surface area (Å²) in [6.07, 6.45) is 0. The Morgan fingerprint density at radius 2 is 2.10 bits per heavy atom. The van der Waals surface area contributed by atoms with E-state index in [0.29, 0.717) is 16.1 Å². The van der Waals surface area contributed by atoms with Crippen molar-refractivity contribution in [2.24, 2.45) is 0 Å². The van der Waals surface area contributed by atoms with Crippen LogP contribution in [0.4, 0.5) is 10.1 Å². The minimum absolute atomic E-state index is 0.0632. The lowest BCUT2D eigenvalue weighted by atomic mass is 10.2. The average Bonchev–Trinajstić information content (AvgIpc) is 2.42. The first kappa shape index (κ1) is 14.7. The summed E-state index contributed by atoms with van der Waals surface area (Å²) in [6, 6.07) is 8.22. The third kappa shape index (κ3) is 3.08. The van der Waals surface area contributed by atoms with Crippen LogP contribution in [0.1, 0.15) is 5.56 Å². The summed E-state index contributed by atoms with van der Waals surface area (Å²) in [4.78, 5) is 10.2. The highest BCUT2D eigenvalue weighted by molar-refractivity contribution is 9.08. The Morgan fingerprint density at radius 3 is 2.75 bits per heavy atom. The summed E-state index contributed by atoms with van der Waals surface area (Å²) in [5, 5.41) is 11.7. The highest BCUT2D eigenvalue weighted by Crippen LogP contribution is 2.38. The molecule has 0 saturated heterocycles. The van der Waals surface area contributed by atoms with Crippen LogP contribution < -0.4 is 4.74 Å². The molecule has 0 atom stereocenters. The number of rotatable bonds is 4. The quantitative estimate of drug-likeness (QED) is 0.434. The molecule has 4 nitrogen and oxygen atoms in total. The number of hydrogen-bond acceptors (Lipinski definition) is 3. The Bertz CT molecular complexity index is 666. The molecular weight excluding hydrogens is 353 g/mol. The summed E-state index contributed by atoms with van der Waals surface area (Å²) >= 11 is 9.31. The van der Waals surface area contributed by atoms with E-state index in [0.717, 1.165) is 17.7 Å². The topological polar surface area (TPSA) is 52.4 Å². The Balaban J connectivity index is 2.48. The van der Waals surface area contributed by atoms with Crippen LogP contribution in [0.3, 0.4) is 0 Å². The molecule has 0 heterocycles. The van der Waals surface area contributed by atoms with Gasteiger partial charge < -0.3 is 4.74 Å². The molecule has 0 amide bonds. The number of hydrogen-bond donors (Lipinski definition) is 0. The lowest BCUT2D eigenvalue weighted by molar-refractivity contribution is -0.385. The predicted octanol–water partition coefficient (Wildman–Crippen LogP) is 5.07. The van der Waals surface area contributed by atoms with Crippen molar-refractivity contribution in [2.45, 2.75) is 5.33 Å². The van der Waals surface area contributed by atoms with E-state index >= 15 is 0 Å². The number of para-hydroxylation sites is 1. The smallest absolute Gasteiger partial charge is 0.314 e. The van der Waals surface area contributed by atoms with Gasteiger partial charge in [0.15, 0.2) is 0 Å². The van der Waals surface area contributed by atoms with E-state index in [1.54, 1.807) is 18.2 Å². The molecule has 7 heteroatoms. The van der Waals surface area contributed by atoms with Gasteiger partial charge in [-0.2, -0.15) is 0 Å². The predicted molar refractivity (Wildman–Crippen MR) is 77.2 cm³/mol. The molecule has 2 rings (SSSR count). The number of benzene rings is 2. The van der Waals surface area contributed by atoms with E-state index in [4.69, 9.17) is 16.3 Å². The second kappa shape index (κ2) is 6.19. The first-order valence-electron chi connectivity index (χ1n) is 5.48. The molecular formula is C13H8BrClFNO3. The van der Waals surface area contributed by atoms with Gasteiger partial charge in [0.05, 0.1) is 16.0 Å². The van der Waals surface area contributed by atoms with Crippen LogP contribution >= 0.6 is 27.5 Å². The van der Waals surface area contributed by atoms with Gasteiger partial charge in [-0.1, -0.05) is 39.7 Å². The molecule has 2 aromatic carbocycles. The first-order chi connectivity index (χ1) is 9.52. The molecule has 0 aliphatic heterocycles. The minimum atomic E-state index is -0.705. The Labute approximate surface area is 127 Å². The Kier molecular flexibility index (Phi) is 4.57. The van der Waals surface area contributed by atoms with Crippen molar-refractivity contribution in [1.82, 2.24) is 0 Å². The van der Waals surface area contributed by atoms with Crippen molar-refractivity contribution in [3.8, 4) is 11.5 Å². The summed E-state index contributed by atoms with van der Waals surface area (Å²) in [5.41, 5.74) is 0.279. The summed E-state index contributed by atoms with van der Waals surface area (Å²) < 4.78 is 18.6. The molecule has 0 fully saturated rings. The summed E-state index contributed by atoms with van der Waals surface area (Å²) in [7, 11) is 0. The first-order valence-corrected chi connectivity index (χ1v) is 6.98. The third-order valence-electron chi connectivity index (χ3n) is 2.52. The fraction of sp³-hybridized carbons (Fsp3) is 0.0769. The Hall–Kier alpha value is -1.66. The monoisotopic (exact) mass is 359 g/mol.